The highest BCUT2D eigenvalue weighted by Crippen LogP contribution is 2.35. The molecule has 36 heavy (non-hydrogen) atoms. The Kier molecular flexibility index (Phi) is 6.78. The van der Waals surface area contributed by atoms with Crippen molar-refractivity contribution in [2.45, 2.75) is 20.1 Å². The fraction of sp³-hybridized carbons (Fsp3) is 0.133. The van der Waals surface area contributed by atoms with Crippen molar-refractivity contribution >= 4 is 39.8 Å². The molecule has 180 valence electrons. The topological polar surface area (TPSA) is 55.8 Å². The maximum Gasteiger partial charge on any atom is 0.293 e. The van der Waals surface area contributed by atoms with E-state index in [1.807, 2.05) is 61.5 Å². The number of amides is 2. The third-order valence-corrected chi connectivity index (χ3v) is 6.94. The Balaban J connectivity index is 1.29. The summed E-state index contributed by atoms with van der Waals surface area (Å²) in [7, 11) is 1.58. The minimum atomic E-state index is -0.291. The molecule has 0 radical (unpaired) electrons. The first-order valence-corrected chi connectivity index (χ1v) is 12.4. The van der Waals surface area contributed by atoms with Gasteiger partial charge in [-0.1, -0.05) is 72.3 Å². The van der Waals surface area contributed by atoms with Crippen molar-refractivity contribution in [2.75, 3.05) is 7.11 Å². The number of ether oxygens (including phenoxy) is 2. The first kappa shape index (κ1) is 23.7. The molecule has 1 saturated heterocycles. The Morgan fingerprint density at radius 3 is 2.36 bits per heavy atom. The number of rotatable bonds is 7. The Labute approximate surface area is 214 Å². The number of benzene rings is 4. The van der Waals surface area contributed by atoms with E-state index in [0.29, 0.717) is 23.0 Å². The molecule has 0 unspecified atom stereocenters. The number of fused-ring (bicyclic) bond motifs is 1. The Morgan fingerprint density at radius 2 is 1.58 bits per heavy atom. The van der Waals surface area contributed by atoms with Crippen LogP contribution >= 0.6 is 11.8 Å². The molecule has 4 aromatic rings. The van der Waals surface area contributed by atoms with Gasteiger partial charge in [-0.25, -0.2) is 0 Å². The van der Waals surface area contributed by atoms with Crippen LogP contribution in [0.1, 0.15) is 22.3 Å². The second kappa shape index (κ2) is 10.3. The van der Waals surface area contributed by atoms with Crippen molar-refractivity contribution in [3.8, 4) is 11.5 Å². The zero-order chi connectivity index (χ0) is 25.1. The number of imide groups is 1. The summed E-state index contributed by atoms with van der Waals surface area (Å²) < 4.78 is 11.6. The molecule has 0 saturated carbocycles. The quantitative estimate of drug-likeness (QED) is 0.259. The van der Waals surface area contributed by atoms with Gasteiger partial charge in [0.05, 0.1) is 18.6 Å². The lowest BCUT2D eigenvalue weighted by molar-refractivity contribution is -0.123. The molecule has 1 fully saturated rings. The summed E-state index contributed by atoms with van der Waals surface area (Å²) in [6.07, 6.45) is 1.72. The molecule has 5 rings (SSSR count). The number of aryl methyl sites for hydroxylation is 1. The molecule has 1 aliphatic heterocycles. The summed E-state index contributed by atoms with van der Waals surface area (Å²) in [6, 6.07) is 27.8. The molecular formula is C30H25NO4S. The number of nitrogens with zero attached hydrogens (tertiary/aromatic N) is 1. The highest BCUT2D eigenvalue weighted by Gasteiger charge is 2.35. The van der Waals surface area contributed by atoms with E-state index in [9.17, 15) is 9.59 Å². The minimum Gasteiger partial charge on any atom is -0.493 e. The molecule has 5 nitrogen and oxygen atoms in total. The lowest BCUT2D eigenvalue weighted by Crippen LogP contribution is -2.27. The third-order valence-electron chi connectivity index (χ3n) is 6.03. The number of hydrogen-bond donors (Lipinski definition) is 0. The molecular weight excluding hydrogens is 470 g/mol. The number of carbonyl (C=O) groups is 2. The standard InChI is InChI=1S/C30H25NO4S/c1-20-7-9-21(10-8-20)18-31-29(32)28(36-30(31)33)17-22-12-14-26(27(16-22)34-2)35-19-23-11-13-24-5-3-4-6-25(24)15-23/h3-17H,18-19H2,1-2H3/b28-17-. The number of carbonyl (C=O) groups excluding carboxylic acids is 2. The lowest BCUT2D eigenvalue weighted by atomic mass is 10.1. The summed E-state index contributed by atoms with van der Waals surface area (Å²) >= 11 is 0.952. The number of methoxy groups -OCH3 is 1. The maximum atomic E-state index is 12.9. The van der Waals surface area contributed by atoms with Gasteiger partial charge in [-0.15, -0.1) is 0 Å². The molecule has 2 amide bonds. The van der Waals surface area contributed by atoms with E-state index in [-0.39, 0.29) is 17.7 Å². The summed E-state index contributed by atoms with van der Waals surface area (Å²) in [5.74, 6) is 0.875. The first-order chi connectivity index (χ1) is 17.5. The molecule has 0 atom stereocenters. The van der Waals surface area contributed by atoms with Gasteiger partial charge in [0, 0.05) is 0 Å². The highest BCUT2D eigenvalue weighted by atomic mass is 32.2. The predicted octanol–water partition coefficient (Wildman–Crippen LogP) is 6.97. The fourth-order valence-corrected chi connectivity index (χ4v) is 4.88. The molecule has 1 aliphatic rings. The van der Waals surface area contributed by atoms with Crippen molar-refractivity contribution in [3.63, 3.8) is 0 Å². The second-order valence-corrected chi connectivity index (χ2v) is 9.63. The predicted molar refractivity (Wildman–Crippen MR) is 144 cm³/mol. The van der Waals surface area contributed by atoms with Crippen molar-refractivity contribution in [3.05, 3.63) is 112 Å². The van der Waals surface area contributed by atoms with E-state index in [2.05, 4.69) is 30.3 Å². The monoisotopic (exact) mass is 495 g/mol. The summed E-state index contributed by atoms with van der Waals surface area (Å²) in [5, 5.41) is 2.08. The molecule has 0 aliphatic carbocycles. The van der Waals surface area contributed by atoms with E-state index in [4.69, 9.17) is 9.47 Å². The summed E-state index contributed by atoms with van der Waals surface area (Å²) in [5.41, 5.74) is 3.86. The van der Waals surface area contributed by atoms with Crippen LogP contribution in [0.5, 0.6) is 11.5 Å². The van der Waals surface area contributed by atoms with Crippen LogP contribution in [0.15, 0.2) is 89.8 Å². The van der Waals surface area contributed by atoms with Crippen LogP contribution in [0, 0.1) is 6.92 Å². The summed E-state index contributed by atoms with van der Waals surface area (Å²) in [4.78, 5) is 27.1. The van der Waals surface area contributed by atoms with Crippen LogP contribution in [0.2, 0.25) is 0 Å². The molecule has 0 spiro atoms. The van der Waals surface area contributed by atoms with E-state index in [1.54, 1.807) is 13.2 Å². The largest absolute Gasteiger partial charge is 0.493 e. The van der Waals surface area contributed by atoms with Crippen LogP contribution in [-0.2, 0) is 17.9 Å². The van der Waals surface area contributed by atoms with Crippen LogP contribution in [0.25, 0.3) is 16.8 Å². The average Bonchev–Trinajstić information content (AvgIpc) is 3.16. The van der Waals surface area contributed by atoms with Gasteiger partial charge in [0.2, 0.25) is 0 Å². The van der Waals surface area contributed by atoms with Gasteiger partial charge < -0.3 is 9.47 Å². The van der Waals surface area contributed by atoms with Crippen LogP contribution in [-0.4, -0.2) is 23.2 Å². The van der Waals surface area contributed by atoms with Crippen molar-refractivity contribution in [2.24, 2.45) is 0 Å². The summed E-state index contributed by atoms with van der Waals surface area (Å²) in [6.45, 7) is 2.66. The van der Waals surface area contributed by atoms with E-state index < -0.39 is 0 Å². The van der Waals surface area contributed by atoms with Gasteiger partial charge in [0.25, 0.3) is 11.1 Å². The zero-order valence-corrected chi connectivity index (χ0v) is 20.9. The maximum absolute atomic E-state index is 12.9. The van der Waals surface area contributed by atoms with Crippen LogP contribution in [0.4, 0.5) is 4.79 Å². The molecule has 0 bridgehead atoms. The smallest absolute Gasteiger partial charge is 0.293 e. The van der Waals surface area contributed by atoms with Gasteiger partial charge >= 0.3 is 0 Å². The average molecular weight is 496 g/mol. The van der Waals surface area contributed by atoms with E-state index in [0.717, 1.165) is 39.4 Å². The van der Waals surface area contributed by atoms with Gasteiger partial charge in [-0.2, -0.15) is 0 Å². The van der Waals surface area contributed by atoms with Crippen LogP contribution < -0.4 is 9.47 Å². The Bertz CT molecular complexity index is 1480. The highest BCUT2D eigenvalue weighted by molar-refractivity contribution is 8.18. The number of hydrogen-bond acceptors (Lipinski definition) is 5. The van der Waals surface area contributed by atoms with Gasteiger partial charge in [-0.3, -0.25) is 14.5 Å². The van der Waals surface area contributed by atoms with Gasteiger partial charge in [0.1, 0.15) is 6.61 Å². The fourth-order valence-electron chi connectivity index (χ4n) is 4.05. The lowest BCUT2D eigenvalue weighted by Gasteiger charge is -2.13. The molecule has 0 aromatic heterocycles. The molecule has 1 heterocycles. The van der Waals surface area contributed by atoms with E-state index >= 15 is 0 Å². The third kappa shape index (κ3) is 5.14. The first-order valence-electron chi connectivity index (χ1n) is 11.6. The van der Waals surface area contributed by atoms with Crippen molar-refractivity contribution < 1.29 is 19.1 Å². The van der Waals surface area contributed by atoms with Crippen molar-refractivity contribution in [1.82, 2.24) is 4.90 Å². The van der Waals surface area contributed by atoms with E-state index in [1.165, 1.54) is 10.3 Å². The second-order valence-electron chi connectivity index (χ2n) is 8.63. The Morgan fingerprint density at radius 1 is 0.833 bits per heavy atom. The minimum absolute atomic E-state index is 0.257. The Hall–Kier alpha value is -4.03. The number of thioether (sulfide) groups is 1. The zero-order valence-electron chi connectivity index (χ0n) is 20.1. The molecule has 4 aromatic carbocycles. The van der Waals surface area contributed by atoms with Gasteiger partial charge in [-0.05, 0) is 70.4 Å². The molecule has 0 N–H and O–H groups in total. The normalized spacial score (nSPS) is 14.6. The van der Waals surface area contributed by atoms with Crippen LogP contribution in [0.3, 0.4) is 0 Å². The SMILES string of the molecule is COc1cc(/C=C2\SC(=O)N(Cc3ccc(C)cc3)C2=O)ccc1OCc1ccc2ccccc2c1. The van der Waals surface area contributed by atoms with Crippen molar-refractivity contribution in [1.29, 1.82) is 0 Å². The molecule has 6 heteroatoms. The van der Waals surface area contributed by atoms with Gasteiger partial charge in [0.15, 0.2) is 11.5 Å².